The van der Waals surface area contributed by atoms with Gasteiger partial charge in [-0.3, -0.25) is 4.21 Å². The lowest BCUT2D eigenvalue weighted by Crippen LogP contribution is -2.20. The molecule has 0 spiro atoms. The summed E-state index contributed by atoms with van der Waals surface area (Å²) in [5.74, 6) is 0.768. The van der Waals surface area contributed by atoms with Crippen LogP contribution in [0.15, 0.2) is 96.0 Å². The Bertz CT molecular complexity index is 1340. The van der Waals surface area contributed by atoms with Gasteiger partial charge < -0.3 is 5.11 Å². The second-order valence-corrected chi connectivity index (χ2v) is 10.9. The van der Waals surface area contributed by atoms with Crippen LogP contribution in [-0.2, 0) is 16.6 Å². The van der Waals surface area contributed by atoms with Gasteiger partial charge in [0.25, 0.3) is 0 Å². The van der Waals surface area contributed by atoms with Crippen molar-refractivity contribution in [2.75, 3.05) is 11.5 Å². The normalized spacial score (nSPS) is 12.6. The van der Waals surface area contributed by atoms with Gasteiger partial charge in [-0.25, -0.2) is 4.98 Å². The number of halogens is 1. The maximum atomic E-state index is 12.6. The minimum atomic E-state index is -1.23. The monoisotopic (exact) mass is 518 g/mol. The molecule has 176 valence electrons. The molecule has 0 amide bonds. The van der Waals surface area contributed by atoms with E-state index < -0.39 is 16.9 Å². The third-order valence-electron chi connectivity index (χ3n) is 5.28. The number of thioether (sulfide) groups is 1. The molecule has 0 saturated heterocycles. The molecule has 1 N–H and O–H groups in total. The summed E-state index contributed by atoms with van der Waals surface area (Å²) >= 11 is 7.22. The summed E-state index contributed by atoms with van der Waals surface area (Å²) in [6, 6.07) is 31.0. The van der Waals surface area contributed by atoms with E-state index >= 15 is 0 Å². The van der Waals surface area contributed by atoms with Crippen LogP contribution >= 0.6 is 23.4 Å². The smallest absolute Gasteiger partial charge is 0.115 e. The Labute approximate surface area is 217 Å². The number of pyridine rings is 1. The highest BCUT2D eigenvalue weighted by molar-refractivity contribution is 7.99. The zero-order valence-electron chi connectivity index (χ0n) is 18.8. The number of hydrogen-bond donors (Lipinski definition) is 1. The van der Waals surface area contributed by atoms with Gasteiger partial charge >= 0.3 is 0 Å². The van der Waals surface area contributed by atoms with E-state index in [1.165, 1.54) is 11.8 Å². The van der Waals surface area contributed by atoms with E-state index in [2.05, 4.69) is 6.07 Å². The summed E-state index contributed by atoms with van der Waals surface area (Å²) in [4.78, 5) is 4.77. The van der Waals surface area contributed by atoms with E-state index in [0.29, 0.717) is 21.4 Å². The van der Waals surface area contributed by atoms with Gasteiger partial charge in [-0.2, -0.15) is 5.26 Å². The van der Waals surface area contributed by atoms with E-state index in [0.717, 1.165) is 27.9 Å². The second kappa shape index (κ2) is 12.1. The molecule has 0 aliphatic rings. The quantitative estimate of drug-likeness (QED) is 0.261. The van der Waals surface area contributed by atoms with Crippen molar-refractivity contribution in [1.82, 2.24) is 4.98 Å². The van der Waals surface area contributed by atoms with Crippen molar-refractivity contribution in [2.24, 2.45) is 0 Å². The fourth-order valence-corrected chi connectivity index (χ4v) is 6.03. The molecule has 1 aromatic heterocycles. The molecule has 0 fully saturated rings. The van der Waals surface area contributed by atoms with Gasteiger partial charge in [0.05, 0.1) is 23.1 Å². The SMILES string of the molecule is N#Cc1c(-c2ccccc2)cc(-c2ccccc2)nc1SCC(O)CS(=O)Cc1ccc(Cl)cc1. The third-order valence-corrected chi connectivity index (χ3v) is 8.07. The van der Waals surface area contributed by atoms with Crippen molar-refractivity contribution < 1.29 is 9.32 Å². The van der Waals surface area contributed by atoms with Crippen molar-refractivity contribution in [2.45, 2.75) is 16.9 Å². The van der Waals surface area contributed by atoms with Crippen LogP contribution in [0, 0.1) is 11.3 Å². The lowest BCUT2D eigenvalue weighted by atomic mass is 9.99. The van der Waals surface area contributed by atoms with Crippen molar-refractivity contribution in [3.63, 3.8) is 0 Å². The minimum Gasteiger partial charge on any atom is -0.391 e. The van der Waals surface area contributed by atoms with Crippen LogP contribution in [0.5, 0.6) is 0 Å². The van der Waals surface area contributed by atoms with Crippen LogP contribution in [0.1, 0.15) is 11.1 Å². The average Bonchev–Trinajstić information content (AvgIpc) is 2.89. The Morgan fingerprint density at radius 2 is 1.60 bits per heavy atom. The van der Waals surface area contributed by atoms with E-state index in [-0.39, 0.29) is 11.5 Å². The molecule has 0 aliphatic heterocycles. The topological polar surface area (TPSA) is 74.0 Å². The zero-order valence-corrected chi connectivity index (χ0v) is 21.2. The standard InChI is InChI=1S/C28H23ClN2O2S2/c29-23-13-11-20(12-14-23)18-35(33)19-24(32)17-34-28-26(16-30)25(21-7-3-1-4-8-21)15-27(31-28)22-9-5-2-6-10-22/h1-15,24,32H,17-19H2. The predicted molar refractivity (Wildman–Crippen MR) is 145 cm³/mol. The van der Waals surface area contributed by atoms with Gasteiger partial charge in [-0.05, 0) is 29.3 Å². The summed E-state index contributed by atoms with van der Waals surface area (Å²) in [6.45, 7) is 0. The van der Waals surface area contributed by atoms with E-state index in [1.807, 2.05) is 78.9 Å². The van der Waals surface area contributed by atoms with E-state index in [4.69, 9.17) is 16.6 Å². The van der Waals surface area contributed by atoms with Gasteiger partial charge in [-0.1, -0.05) is 84.4 Å². The molecule has 2 atom stereocenters. The van der Waals surface area contributed by atoms with Crippen molar-refractivity contribution in [3.05, 3.63) is 107 Å². The molecule has 4 rings (SSSR count). The summed E-state index contributed by atoms with van der Waals surface area (Å²) in [5.41, 5.74) is 4.80. The van der Waals surface area contributed by atoms with Crippen LogP contribution in [0.4, 0.5) is 0 Å². The van der Waals surface area contributed by atoms with Crippen molar-refractivity contribution >= 4 is 34.2 Å². The largest absolute Gasteiger partial charge is 0.391 e. The molecule has 3 aromatic carbocycles. The molecule has 0 aliphatic carbocycles. The maximum absolute atomic E-state index is 12.6. The van der Waals surface area contributed by atoms with Crippen LogP contribution < -0.4 is 0 Å². The molecule has 1 heterocycles. The zero-order chi connectivity index (χ0) is 24.6. The van der Waals surface area contributed by atoms with Gasteiger partial charge in [-0.15, -0.1) is 11.8 Å². The molecular formula is C28H23ClN2O2S2. The highest BCUT2D eigenvalue weighted by Gasteiger charge is 2.18. The summed E-state index contributed by atoms with van der Waals surface area (Å²) < 4.78 is 12.6. The predicted octanol–water partition coefficient (Wildman–Crippen LogP) is 6.34. The van der Waals surface area contributed by atoms with Gasteiger partial charge in [0.1, 0.15) is 11.1 Å². The van der Waals surface area contributed by atoms with E-state index in [1.54, 1.807) is 12.1 Å². The maximum Gasteiger partial charge on any atom is 0.115 e. The fraction of sp³-hybridized carbons (Fsp3) is 0.143. The molecule has 2 unspecified atom stereocenters. The highest BCUT2D eigenvalue weighted by Crippen LogP contribution is 2.34. The molecule has 0 saturated carbocycles. The Morgan fingerprint density at radius 3 is 2.23 bits per heavy atom. The van der Waals surface area contributed by atoms with Crippen LogP contribution in [0.3, 0.4) is 0 Å². The Balaban J connectivity index is 1.54. The Morgan fingerprint density at radius 1 is 0.971 bits per heavy atom. The number of aliphatic hydroxyl groups is 1. The average molecular weight is 519 g/mol. The summed E-state index contributed by atoms with van der Waals surface area (Å²) in [6.07, 6.45) is -0.804. The lowest BCUT2D eigenvalue weighted by Gasteiger charge is -2.14. The Kier molecular flexibility index (Phi) is 8.73. The number of nitrogens with zero attached hydrogens (tertiary/aromatic N) is 2. The number of rotatable bonds is 9. The summed E-state index contributed by atoms with van der Waals surface area (Å²) in [5, 5.41) is 21.8. The molecule has 0 radical (unpaired) electrons. The molecule has 4 nitrogen and oxygen atoms in total. The van der Waals surface area contributed by atoms with Gasteiger partial charge in [0.2, 0.25) is 0 Å². The fourth-order valence-electron chi connectivity index (χ4n) is 3.60. The van der Waals surface area contributed by atoms with Crippen LogP contribution in [-0.4, -0.2) is 31.9 Å². The van der Waals surface area contributed by atoms with Crippen LogP contribution in [0.25, 0.3) is 22.4 Å². The molecule has 4 aromatic rings. The molecule has 35 heavy (non-hydrogen) atoms. The molecule has 7 heteroatoms. The minimum absolute atomic E-state index is 0.140. The first-order valence-corrected chi connectivity index (χ1v) is 13.8. The van der Waals surface area contributed by atoms with Crippen molar-refractivity contribution in [3.8, 4) is 28.5 Å². The number of benzene rings is 3. The highest BCUT2D eigenvalue weighted by atomic mass is 35.5. The number of nitriles is 1. The number of hydrogen-bond acceptors (Lipinski definition) is 5. The lowest BCUT2D eigenvalue weighted by molar-refractivity contribution is 0.224. The third kappa shape index (κ3) is 6.81. The first kappa shape index (κ1) is 25.2. The Hall–Kier alpha value is -2.95. The number of aliphatic hydroxyl groups excluding tert-OH is 1. The number of aromatic nitrogens is 1. The van der Waals surface area contributed by atoms with Gasteiger partial charge in [0.15, 0.2) is 0 Å². The van der Waals surface area contributed by atoms with Crippen molar-refractivity contribution in [1.29, 1.82) is 5.26 Å². The first-order chi connectivity index (χ1) is 17.0. The molecular weight excluding hydrogens is 496 g/mol. The van der Waals surface area contributed by atoms with E-state index in [9.17, 15) is 14.6 Å². The van der Waals surface area contributed by atoms with Gasteiger partial charge in [0, 0.05) is 38.5 Å². The first-order valence-electron chi connectivity index (χ1n) is 11.0. The molecule has 0 bridgehead atoms. The van der Waals surface area contributed by atoms with Crippen LogP contribution in [0.2, 0.25) is 5.02 Å². The second-order valence-electron chi connectivity index (χ2n) is 7.92. The summed E-state index contributed by atoms with van der Waals surface area (Å²) in [7, 11) is -1.23.